The van der Waals surface area contributed by atoms with Gasteiger partial charge in [0, 0.05) is 11.4 Å². The molecule has 0 saturated carbocycles. The molecule has 0 spiro atoms. The average molecular weight is 329 g/mol. The van der Waals surface area contributed by atoms with E-state index in [-0.39, 0.29) is 18.3 Å². The van der Waals surface area contributed by atoms with E-state index in [0.29, 0.717) is 17.4 Å². The fourth-order valence-corrected chi connectivity index (χ4v) is 2.88. The van der Waals surface area contributed by atoms with Crippen molar-refractivity contribution in [3.63, 3.8) is 0 Å². The molecule has 0 unspecified atom stereocenters. The fourth-order valence-electron chi connectivity index (χ4n) is 1.78. The van der Waals surface area contributed by atoms with Crippen molar-refractivity contribution < 1.29 is 9.72 Å². The van der Waals surface area contributed by atoms with Crippen LogP contribution in [0.2, 0.25) is 4.34 Å². The zero-order chi connectivity index (χ0) is 15.4. The second kappa shape index (κ2) is 6.68. The van der Waals surface area contributed by atoms with Crippen LogP contribution in [0.25, 0.3) is 0 Å². The summed E-state index contributed by atoms with van der Waals surface area (Å²) in [5.41, 5.74) is 0. The van der Waals surface area contributed by atoms with Crippen LogP contribution >= 0.6 is 22.9 Å². The second-order valence-corrected chi connectivity index (χ2v) is 6.04. The van der Waals surface area contributed by atoms with E-state index in [1.807, 2.05) is 13.0 Å². The highest BCUT2D eigenvalue weighted by atomic mass is 35.5. The van der Waals surface area contributed by atoms with Crippen molar-refractivity contribution in [1.82, 2.24) is 14.7 Å². The number of likely N-dealkylation sites (N-methyl/N-ethyl adjacent to an activating group) is 1. The predicted octanol–water partition coefficient (Wildman–Crippen LogP) is 2.55. The number of amides is 1. The molecule has 0 bridgehead atoms. The number of carbonyl (C=O) groups is 1. The summed E-state index contributed by atoms with van der Waals surface area (Å²) in [7, 11) is 0. The third kappa shape index (κ3) is 4.02. The van der Waals surface area contributed by atoms with E-state index >= 15 is 0 Å². The summed E-state index contributed by atoms with van der Waals surface area (Å²) in [6.07, 6.45) is 1.42. The summed E-state index contributed by atoms with van der Waals surface area (Å²) >= 11 is 7.29. The molecule has 2 rings (SSSR count). The summed E-state index contributed by atoms with van der Waals surface area (Å²) in [5, 5.41) is 14.3. The molecule has 0 aliphatic carbocycles. The minimum absolute atomic E-state index is 0.0270. The zero-order valence-electron chi connectivity index (χ0n) is 11.2. The van der Waals surface area contributed by atoms with Gasteiger partial charge in [-0.1, -0.05) is 11.6 Å². The molecule has 0 atom stereocenters. The molecule has 9 heteroatoms. The number of rotatable bonds is 6. The average Bonchev–Trinajstić information content (AvgIpc) is 3.05. The van der Waals surface area contributed by atoms with Crippen LogP contribution in [0.15, 0.2) is 24.4 Å². The van der Waals surface area contributed by atoms with Crippen molar-refractivity contribution in [1.29, 1.82) is 0 Å². The van der Waals surface area contributed by atoms with E-state index in [4.69, 9.17) is 11.6 Å². The van der Waals surface area contributed by atoms with E-state index in [1.54, 1.807) is 11.0 Å². The Morgan fingerprint density at radius 1 is 1.52 bits per heavy atom. The molecule has 0 fully saturated rings. The molecular formula is C12H13ClN4O3S. The number of thiophene rings is 1. The molecule has 21 heavy (non-hydrogen) atoms. The number of aromatic nitrogens is 2. The lowest BCUT2D eigenvalue weighted by Gasteiger charge is -2.19. The number of hydrogen-bond acceptors (Lipinski definition) is 5. The maximum atomic E-state index is 12.2. The number of nitro groups is 1. The quantitative estimate of drug-likeness (QED) is 0.602. The van der Waals surface area contributed by atoms with Crippen LogP contribution in [0, 0.1) is 10.1 Å². The van der Waals surface area contributed by atoms with Crippen LogP contribution < -0.4 is 0 Å². The van der Waals surface area contributed by atoms with Crippen molar-refractivity contribution in [2.24, 2.45) is 0 Å². The molecular weight excluding hydrogens is 316 g/mol. The summed E-state index contributed by atoms with van der Waals surface area (Å²) in [6.45, 7) is 2.85. The van der Waals surface area contributed by atoms with Crippen LogP contribution in [0.4, 0.5) is 5.82 Å². The molecule has 1 amide bonds. The van der Waals surface area contributed by atoms with Crippen LogP contribution in [-0.4, -0.2) is 32.1 Å². The molecule has 0 N–H and O–H groups in total. The first kappa shape index (κ1) is 15.5. The number of halogens is 1. The van der Waals surface area contributed by atoms with Crippen LogP contribution in [0.3, 0.4) is 0 Å². The van der Waals surface area contributed by atoms with Gasteiger partial charge in [0.1, 0.15) is 6.54 Å². The molecule has 0 saturated heterocycles. The molecule has 0 aliphatic rings. The highest BCUT2D eigenvalue weighted by molar-refractivity contribution is 7.16. The Kier molecular flexibility index (Phi) is 4.92. The first-order valence-corrected chi connectivity index (χ1v) is 7.39. The Bertz CT molecular complexity index is 654. The number of nitrogens with zero attached hydrogens (tertiary/aromatic N) is 4. The van der Waals surface area contributed by atoms with Crippen LogP contribution in [-0.2, 0) is 17.9 Å². The number of hydrogen-bond donors (Lipinski definition) is 0. The molecule has 7 nitrogen and oxygen atoms in total. The van der Waals surface area contributed by atoms with Gasteiger partial charge in [0.2, 0.25) is 5.91 Å². The standard InChI is InChI=1S/C12H13ClN4O3S/c1-2-15(7-9-3-4-10(13)21-9)12(18)8-16-6-5-11(14-16)17(19)20/h3-6H,2,7-8H2,1H3. The molecule has 0 radical (unpaired) electrons. The van der Waals surface area contributed by atoms with Crippen molar-refractivity contribution in [3.05, 3.63) is 43.7 Å². The maximum absolute atomic E-state index is 12.2. The van der Waals surface area contributed by atoms with Gasteiger partial charge in [0.25, 0.3) is 0 Å². The van der Waals surface area contributed by atoms with E-state index in [2.05, 4.69) is 5.10 Å². The third-order valence-corrected chi connectivity index (χ3v) is 4.04. The SMILES string of the molecule is CCN(Cc1ccc(Cl)s1)C(=O)Cn1ccc([N+](=O)[O-])n1. The van der Waals surface area contributed by atoms with Gasteiger partial charge in [0.05, 0.1) is 28.2 Å². The van der Waals surface area contributed by atoms with Gasteiger partial charge in [-0.3, -0.25) is 4.79 Å². The van der Waals surface area contributed by atoms with Gasteiger partial charge in [-0.2, -0.15) is 4.68 Å². The summed E-state index contributed by atoms with van der Waals surface area (Å²) in [6, 6.07) is 4.93. The van der Waals surface area contributed by atoms with Crippen molar-refractivity contribution in [3.8, 4) is 0 Å². The van der Waals surface area contributed by atoms with Gasteiger partial charge in [-0.05, 0) is 24.0 Å². The first-order valence-electron chi connectivity index (χ1n) is 6.19. The normalized spacial score (nSPS) is 10.6. The maximum Gasteiger partial charge on any atom is 0.389 e. The number of carbonyl (C=O) groups excluding carboxylic acids is 1. The molecule has 0 aromatic carbocycles. The first-order chi connectivity index (χ1) is 9.99. The lowest BCUT2D eigenvalue weighted by Crippen LogP contribution is -2.33. The van der Waals surface area contributed by atoms with E-state index in [9.17, 15) is 14.9 Å². The van der Waals surface area contributed by atoms with Gasteiger partial charge in [0.15, 0.2) is 0 Å². The minimum Gasteiger partial charge on any atom is -0.358 e. The smallest absolute Gasteiger partial charge is 0.358 e. The molecule has 2 aromatic rings. The van der Waals surface area contributed by atoms with Crippen LogP contribution in [0.1, 0.15) is 11.8 Å². The topological polar surface area (TPSA) is 81.3 Å². The Hall–Kier alpha value is -1.93. The lowest BCUT2D eigenvalue weighted by molar-refractivity contribution is -0.389. The van der Waals surface area contributed by atoms with Crippen molar-refractivity contribution >= 4 is 34.7 Å². The summed E-state index contributed by atoms with van der Waals surface area (Å²) < 4.78 is 1.95. The van der Waals surface area contributed by atoms with Gasteiger partial charge < -0.3 is 15.0 Å². The molecule has 2 heterocycles. The summed E-state index contributed by atoms with van der Waals surface area (Å²) in [5.74, 6) is -0.420. The van der Waals surface area contributed by atoms with Gasteiger partial charge >= 0.3 is 5.82 Å². The van der Waals surface area contributed by atoms with Crippen LogP contribution in [0.5, 0.6) is 0 Å². The largest absolute Gasteiger partial charge is 0.389 e. The van der Waals surface area contributed by atoms with Gasteiger partial charge in [-0.15, -0.1) is 11.3 Å². The molecule has 112 valence electrons. The Labute approximate surface area is 129 Å². The Morgan fingerprint density at radius 2 is 2.29 bits per heavy atom. The predicted molar refractivity (Wildman–Crippen MR) is 79.3 cm³/mol. The Morgan fingerprint density at radius 3 is 2.81 bits per heavy atom. The second-order valence-electron chi connectivity index (χ2n) is 4.24. The third-order valence-electron chi connectivity index (χ3n) is 2.82. The Balaban J connectivity index is 2.00. The molecule has 2 aromatic heterocycles. The van der Waals surface area contributed by atoms with E-state index < -0.39 is 4.92 Å². The summed E-state index contributed by atoms with van der Waals surface area (Å²) in [4.78, 5) is 24.8. The van der Waals surface area contributed by atoms with E-state index in [1.165, 1.54) is 28.3 Å². The monoisotopic (exact) mass is 328 g/mol. The zero-order valence-corrected chi connectivity index (χ0v) is 12.8. The highest BCUT2D eigenvalue weighted by Crippen LogP contribution is 2.22. The van der Waals surface area contributed by atoms with E-state index in [0.717, 1.165) is 4.88 Å². The minimum atomic E-state index is -0.591. The van der Waals surface area contributed by atoms with Crippen molar-refractivity contribution in [2.45, 2.75) is 20.0 Å². The molecule has 0 aliphatic heterocycles. The highest BCUT2D eigenvalue weighted by Gasteiger charge is 2.18. The fraction of sp³-hybridized carbons (Fsp3) is 0.333. The van der Waals surface area contributed by atoms with Crippen molar-refractivity contribution in [2.75, 3.05) is 6.54 Å². The lowest BCUT2D eigenvalue weighted by atomic mass is 10.4. The van der Waals surface area contributed by atoms with Gasteiger partial charge in [-0.25, -0.2) is 0 Å².